The van der Waals surface area contributed by atoms with Crippen LogP contribution in [0.5, 0.6) is 0 Å². The molecule has 0 spiro atoms. The second kappa shape index (κ2) is 9.13. The highest BCUT2D eigenvalue weighted by Crippen LogP contribution is 2.36. The monoisotopic (exact) mass is 476 g/mol. The molecule has 180 valence electrons. The normalized spacial score (nSPS) is 16.5. The number of alkyl halides is 3. The van der Waals surface area contributed by atoms with E-state index in [1.54, 1.807) is 12.3 Å². The Morgan fingerprint density at radius 3 is 2.34 bits per heavy atom. The van der Waals surface area contributed by atoms with Gasteiger partial charge in [0, 0.05) is 43.3 Å². The fraction of sp³-hybridized carbons (Fsp3) is 0.250. The van der Waals surface area contributed by atoms with Crippen molar-refractivity contribution in [1.82, 2.24) is 9.55 Å². The summed E-state index contributed by atoms with van der Waals surface area (Å²) in [7, 11) is 0. The van der Waals surface area contributed by atoms with Crippen molar-refractivity contribution in [1.29, 1.82) is 0 Å². The lowest BCUT2D eigenvalue weighted by Crippen LogP contribution is -2.52. The van der Waals surface area contributed by atoms with Crippen LogP contribution in [-0.4, -0.2) is 35.2 Å². The molecule has 0 amide bonds. The number of nitrogens with zero attached hydrogens (tertiary/aromatic N) is 4. The second-order valence-electron chi connectivity index (χ2n) is 8.93. The summed E-state index contributed by atoms with van der Waals surface area (Å²) in [5.41, 5.74) is 4.36. The number of hydrogen-bond acceptors (Lipinski definition) is 3. The summed E-state index contributed by atoms with van der Waals surface area (Å²) in [6, 6.07) is 24.0. The molecule has 3 heterocycles. The van der Waals surface area contributed by atoms with Crippen molar-refractivity contribution in [3.05, 3.63) is 96.3 Å². The summed E-state index contributed by atoms with van der Waals surface area (Å²) in [4.78, 5) is 8.99. The molecule has 1 unspecified atom stereocenters. The molecule has 1 aliphatic rings. The van der Waals surface area contributed by atoms with Gasteiger partial charge in [-0.25, -0.2) is 4.98 Å². The Kier molecular flexibility index (Phi) is 6.01. The van der Waals surface area contributed by atoms with Gasteiger partial charge in [-0.2, -0.15) is 13.2 Å². The van der Waals surface area contributed by atoms with E-state index in [-0.39, 0.29) is 6.04 Å². The molecule has 0 aliphatic carbocycles. The molecule has 1 atom stereocenters. The zero-order chi connectivity index (χ0) is 24.6. The van der Waals surface area contributed by atoms with E-state index in [0.717, 1.165) is 34.5 Å². The number of piperazine rings is 1. The van der Waals surface area contributed by atoms with Crippen LogP contribution in [0.3, 0.4) is 0 Å². The molecule has 2 aromatic carbocycles. The number of hydrogen-bond donors (Lipinski definition) is 0. The van der Waals surface area contributed by atoms with Gasteiger partial charge in [0.1, 0.15) is 5.82 Å². The predicted octanol–water partition coefficient (Wildman–Crippen LogP) is 6.58. The van der Waals surface area contributed by atoms with Crippen molar-refractivity contribution in [2.24, 2.45) is 0 Å². The van der Waals surface area contributed by atoms with E-state index in [1.165, 1.54) is 12.1 Å². The first-order valence-corrected chi connectivity index (χ1v) is 11.7. The van der Waals surface area contributed by atoms with E-state index < -0.39 is 11.7 Å². The fourth-order valence-corrected chi connectivity index (χ4v) is 4.92. The molecule has 0 radical (unpaired) electrons. The van der Waals surface area contributed by atoms with E-state index in [1.807, 2.05) is 41.3 Å². The first-order valence-electron chi connectivity index (χ1n) is 11.7. The van der Waals surface area contributed by atoms with Crippen LogP contribution in [0.1, 0.15) is 18.2 Å². The minimum Gasteiger partial charge on any atom is -0.368 e. The van der Waals surface area contributed by atoms with Gasteiger partial charge in [-0.1, -0.05) is 42.5 Å². The lowest BCUT2D eigenvalue weighted by molar-refractivity contribution is -0.137. The Morgan fingerprint density at radius 1 is 0.886 bits per heavy atom. The molecular weight excluding hydrogens is 449 g/mol. The molecule has 0 bridgehead atoms. The van der Waals surface area contributed by atoms with Crippen molar-refractivity contribution in [2.45, 2.75) is 26.1 Å². The SMILES string of the molecule is Cc1c(N2CCN(c3cccc(C(F)(F)F)c3)CC2C)cc(-c2ccccc2)n1-c1ccccn1. The van der Waals surface area contributed by atoms with Crippen LogP contribution >= 0.6 is 0 Å². The van der Waals surface area contributed by atoms with E-state index >= 15 is 0 Å². The number of halogens is 3. The van der Waals surface area contributed by atoms with Gasteiger partial charge in [0.15, 0.2) is 0 Å². The first kappa shape index (κ1) is 23.0. The summed E-state index contributed by atoms with van der Waals surface area (Å²) in [5.74, 6) is 0.852. The van der Waals surface area contributed by atoms with Gasteiger partial charge >= 0.3 is 6.18 Å². The van der Waals surface area contributed by atoms with Crippen LogP contribution in [0.4, 0.5) is 24.5 Å². The molecule has 1 aliphatic heterocycles. The molecular formula is C28H27F3N4. The smallest absolute Gasteiger partial charge is 0.368 e. The molecule has 4 nitrogen and oxygen atoms in total. The largest absolute Gasteiger partial charge is 0.416 e. The maximum absolute atomic E-state index is 13.2. The summed E-state index contributed by atoms with van der Waals surface area (Å²) in [6.45, 7) is 6.21. The van der Waals surface area contributed by atoms with Crippen molar-refractivity contribution < 1.29 is 13.2 Å². The van der Waals surface area contributed by atoms with Crippen molar-refractivity contribution in [3.8, 4) is 17.1 Å². The van der Waals surface area contributed by atoms with Gasteiger partial charge in [-0.05, 0) is 55.8 Å². The van der Waals surface area contributed by atoms with E-state index in [0.29, 0.717) is 25.3 Å². The number of pyridine rings is 1. The topological polar surface area (TPSA) is 24.3 Å². The van der Waals surface area contributed by atoms with Crippen molar-refractivity contribution in [3.63, 3.8) is 0 Å². The van der Waals surface area contributed by atoms with Crippen LogP contribution in [0.25, 0.3) is 17.1 Å². The van der Waals surface area contributed by atoms with Crippen LogP contribution in [0, 0.1) is 6.92 Å². The maximum Gasteiger partial charge on any atom is 0.416 e. The molecule has 4 aromatic rings. The van der Waals surface area contributed by atoms with Crippen LogP contribution < -0.4 is 9.80 Å². The zero-order valence-corrected chi connectivity index (χ0v) is 19.7. The Labute approximate surface area is 203 Å². The highest BCUT2D eigenvalue weighted by molar-refractivity contribution is 5.72. The number of aromatic nitrogens is 2. The lowest BCUT2D eigenvalue weighted by Gasteiger charge is -2.42. The van der Waals surface area contributed by atoms with Crippen LogP contribution in [0.15, 0.2) is 85.1 Å². The summed E-state index contributed by atoms with van der Waals surface area (Å²) < 4.78 is 41.9. The lowest BCUT2D eigenvalue weighted by atomic mass is 10.1. The Morgan fingerprint density at radius 2 is 1.66 bits per heavy atom. The molecule has 35 heavy (non-hydrogen) atoms. The third-order valence-corrected chi connectivity index (χ3v) is 6.64. The maximum atomic E-state index is 13.2. The molecule has 0 N–H and O–H groups in total. The Balaban J connectivity index is 1.47. The third-order valence-electron chi connectivity index (χ3n) is 6.64. The minimum absolute atomic E-state index is 0.111. The second-order valence-corrected chi connectivity index (χ2v) is 8.93. The Hall–Kier alpha value is -3.74. The predicted molar refractivity (Wildman–Crippen MR) is 134 cm³/mol. The zero-order valence-electron chi connectivity index (χ0n) is 19.7. The van der Waals surface area contributed by atoms with Gasteiger partial charge in [-0.15, -0.1) is 0 Å². The van der Waals surface area contributed by atoms with Gasteiger partial charge in [0.2, 0.25) is 0 Å². The highest BCUT2D eigenvalue weighted by atomic mass is 19.4. The molecule has 0 saturated carbocycles. The standard InChI is InChI=1S/C28H27F3N4/c1-20-19-33(24-12-8-11-23(17-24)28(29,30)31)15-16-34(20)25-18-26(22-9-4-3-5-10-22)35(21(25)2)27-13-6-7-14-32-27/h3-14,17-18,20H,15-16,19H2,1-2H3. The molecule has 2 aromatic heterocycles. The number of anilines is 2. The van der Waals surface area contributed by atoms with Gasteiger partial charge in [-0.3, -0.25) is 4.57 Å². The van der Waals surface area contributed by atoms with Crippen LogP contribution in [0.2, 0.25) is 0 Å². The van der Waals surface area contributed by atoms with E-state index in [2.05, 4.69) is 46.5 Å². The molecule has 5 rings (SSSR count). The highest BCUT2D eigenvalue weighted by Gasteiger charge is 2.32. The summed E-state index contributed by atoms with van der Waals surface area (Å²) in [5, 5.41) is 0. The number of rotatable bonds is 4. The van der Waals surface area contributed by atoms with Gasteiger partial charge in [0.05, 0.1) is 16.9 Å². The minimum atomic E-state index is -4.34. The van der Waals surface area contributed by atoms with Crippen LogP contribution in [-0.2, 0) is 6.18 Å². The average Bonchev–Trinajstić information content (AvgIpc) is 3.21. The quantitative estimate of drug-likeness (QED) is 0.332. The van der Waals surface area contributed by atoms with Gasteiger partial charge in [0.25, 0.3) is 0 Å². The number of benzene rings is 2. The third kappa shape index (κ3) is 4.50. The molecule has 7 heteroatoms. The van der Waals surface area contributed by atoms with E-state index in [4.69, 9.17) is 0 Å². The average molecular weight is 477 g/mol. The van der Waals surface area contributed by atoms with Gasteiger partial charge < -0.3 is 9.80 Å². The first-order chi connectivity index (χ1) is 16.8. The fourth-order valence-electron chi connectivity index (χ4n) is 4.92. The van der Waals surface area contributed by atoms with Crippen molar-refractivity contribution in [2.75, 3.05) is 29.4 Å². The molecule has 1 fully saturated rings. The van der Waals surface area contributed by atoms with Crippen molar-refractivity contribution >= 4 is 11.4 Å². The summed E-state index contributed by atoms with van der Waals surface area (Å²) in [6.07, 6.45) is -2.55. The molecule has 1 saturated heterocycles. The Bertz CT molecular complexity index is 1300. The summed E-state index contributed by atoms with van der Waals surface area (Å²) >= 11 is 0. The van der Waals surface area contributed by atoms with E-state index in [9.17, 15) is 13.2 Å².